The maximum atomic E-state index is 13.1. The fourth-order valence-electron chi connectivity index (χ4n) is 3.53. The van der Waals surface area contributed by atoms with E-state index in [1.165, 1.54) is 0 Å². The summed E-state index contributed by atoms with van der Waals surface area (Å²) in [5.41, 5.74) is 3.15. The Balaban J connectivity index is 1.86. The van der Waals surface area contributed by atoms with Gasteiger partial charge in [0.2, 0.25) is 0 Å². The van der Waals surface area contributed by atoms with Crippen LogP contribution in [0.1, 0.15) is 35.5 Å². The number of quaternary nitrogens is 1. The molecule has 0 bridgehead atoms. The smallest absolute Gasteiger partial charge is 0.283 e. The molecule has 3 heterocycles. The number of anilines is 1. The van der Waals surface area contributed by atoms with E-state index in [4.69, 9.17) is 0 Å². The van der Waals surface area contributed by atoms with Crippen molar-refractivity contribution in [3.05, 3.63) is 82.4 Å². The van der Waals surface area contributed by atoms with Gasteiger partial charge in [-0.25, -0.2) is 4.68 Å². The summed E-state index contributed by atoms with van der Waals surface area (Å²) in [4.78, 5) is 17.0. The lowest BCUT2D eigenvalue weighted by molar-refractivity contribution is -0.889. The molecule has 3 atom stereocenters. The van der Waals surface area contributed by atoms with Gasteiger partial charge in [-0.1, -0.05) is 36.4 Å². The molecule has 0 spiro atoms. The SMILES string of the molecule is Cc1nn(Cc2ccccc2)c2c1C(c1ccccn1)[NH+]([O-])C(C)C(=O)N2. The second-order valence-electron chi connectivity index (χ2n) is 6.79. The van der Waals surface area contributed by atoms with Crippen molar-refractivity contribution in [1.29, 1.82) is 0 Å². The molecular formula is C20H21N5O2. The van der Waals surface area contributed by atoms with Gasteiger partial charge in [0.1, 0.15) is 11.5 Å². The number of hydroxylamine groups is 2. The number of aryl methyl sites for hydroxylation is 1. The molecule has 3 aromatic rings. The zero-order valence-corrected chi connectivity index (χ0v) is 15.2. The van der Waals surface area contributed by atoms with Crippen LogP contribution in [0.2, 0.25) is 0 Å². The van der Waals surface area contributed by atoms with Crippen LogP contribution >= 0.6 is 0 Å². The maximum Gasteiger partial charge on any atom is 0.283 e. The summed E-state index contributed by atoms with van der Waals surface area (Å²) in [6.07, 6.45) is 1.66. The Hall–Kier alpha value is -3.03. The number of benzene rings is 1. The number of fused-ring (bicyclic) bond motifs is 1. The van der Waals surface area contributed by atoms with E-state index in [9.17, 15) is 10.0 Å². The fourth-order valence-corrected chi connectivity index (χ4v) is 3.53. The Kier molecular flexibility index (Phi) is 4.47. The number of aromatic nitrogens is 3. The summed E-state index contributed by atoms with van der Waals surface area (Å²) >= 11 is 0. The summed E-state index contributed by atoms with van der Waals surface area (Å²) in [5.74, 6) is 0.267. The summed E-state index contributed by atoms with van der Waals surface area (Å²) in [6.45, 7) is 4.02. The predicted octanol–water partition coefficient (Wildman–Crippen LogP) is 1.45. The summed E-state index contributed by atoms with van der Waals surface area (Å²) in [6, 6.07) is 14.0. The standard InChI is InChI=1S/C20H21N5O2/c1-13-17-18(16-10-6-7-11-21-16)25(27)14(2)20(26)22-19(17)24(23-13)12-15-8-4-3-5-9-15/h3-11,14,18,25H,12H2,1-2H3,(H,22,26). The van der Waals surface area contributed by atoms with Gasteiger partial charge in [0.05, 0.1) is 17.8 Å². The van der Waals surface area contributed by atoms with Gasteiger partial charge < -0.3 is 15.6 Å². The van der Waals surface area contributed by atoms with Gasteiger partial charge in [0.25, 0.3) is 5.91 Å². The van der Waals surface area contributed by atoms with Crippen molar-refractivity contribution >= 4 is 11.7 Å². The number of nitrogens with zero attached hydrogens (tertiary/aromatic N) is 3. The van der Waals surface area contributed by atoms with Crippen LogP contribution in [-0.4, -0.2) is 26.7 Å². The highest BCUT2D eigenvalue weighted by Crippen LogP contribution is 2.31. The average molecular weight is 363 g/mol. The lowest BCUT2D eigenvalue weighted by atomic mass is 10.0. The van der Waals surface area contributed by atoms with Crippen LogP contribution in [0.15, 0.2) is 54.7 Å². The zero-order valence-electron chi connectivity index (χ0n) is 15.2. The van der Waals surface area contributed by atoms with Crippen LogP contribution < -0.4 is 10.4 Å². The first-order chi connectivity index (χ1) is 13.1. The monoisotopic (exact) mass is 363 g/mol. The molecule has 2 aromatic heterocycles. The van der Waals surface area contributed by atoms with E-state index in [0.717, 1.165) is 16.8 Å². The molecule has 1 amide bonds. The molecule has 1 aliphatic heterocycles. The van der Waals surface area contributed by atoms with E-state index in [2.05, 4.69) is 15.4 Å². The van der Waals surface area contributed by atoms with Crippen LogP contribution in [0.25, 0.3) is 0 Å². The number of hydrogen-bond acceptors (Lipinski definition) is 4. The number of carbonyl (C=O) groups is 1. The number of hydrogen-bond donors (Lipinski definition) is 2. The van der Waals surface area contributed by atoms with Gasteiger partial charge in [-0.3, -0.25) is 9.78 Å². The van der Waals surface area contributed by atoms with Crippen molar-refractivity contribution in [1.82, 2.24) is 14.8 Å². The van der Waals surface area contributed by atoms with Crippen LogP contribution in [-0.2, 0) is 11.3 Å². The molecule has 0 fully saturated rings. The Morgan fingerprint density at radius 1 is 1.19 bits per heavy atom. The van der Waals surface area contributed by atoms with Crippen molar-refractivity contribution in [3.63, 3.8) is 0 Å². The first kappa shape index (κ1) is 17.4. The fraction of sp³-hybridized carbons (Fsp3) is 0.250. The van der Waals surface area contributed by atoms with Crippen LogP contribution in [0.3, 0.4) is 0 Å². The van der Waals surface area contributed by atoms with Crippen molar-refractivity contribution in [3.8, 4) is 0 Å². The largest absolute Gasteiger partial charge is 0.633 e. The summed E-state index contributed by atoms with van der Waals surface area (Å²) in [5, 5.41) is 20.5. The zero-order chi connectivity index (χ0) is 19.0. The molecule has 0 saturated heterocycles. The molecule has 7 nitrogen and oxygen atoms in total. The average Bonchev–Trinajstić information content (AvgIpc) is 2.92. The Morgan fingerprint density at radius 2 is 1.93 bits per heavy atom. The van der Waals surface area contributed by atoms with Crippen molar-refractivity contribution in [2.45, 2.75) is 32.5 Å². The Labute approximate surface area is 157 Å². The van der Waals surface area contributed by atoms with Crippen molar-refractivity contribution in [2.75, 3.05) is 5.32 Å². The molecule has 0 aliphatic carbocycles. The number of rotatable bonds is 3. The van der Waals surface area contributed by atoms with Gasteiger partial charge in [0, 0.05) is 6.20 Å². The van der Waals surface area contributed by atoms with Crippen LogP contribution in [0.4, 0.5) is 5.82 Å². The molecular weight excluding hydrogens is 342 g/mol. The normalized spacial score (nSPS) is 22.0. The minimum atomic E-state index is -0.756. The summed E-state index contributed by atoms with van der Waals surface area (Å²) < 4.78 is 1.76. The quantitative estimate of drug-likeness (QED) is 0.690. The predicted molar refractivity (Wildman–Crippen MR) is 101 cm³/mol. The number of amides is 1. The van der Waals surface area contributed by atoms with E-state index in [1.807, 2.05) is 55.5 Å². The maximum absolute atomic E-state index is 13.1. The molecule has 1 aliphatic rings. The molecule has 3 unspecified atom stereocenters. The minimum absolute atomic E-state index is 0.160. The molecule has 2 N–H and O–H groups in total. The van der Waals surface area contributed by atoms with E-state index in [1.54, 1.807) is 17.8 Å². The second kappa shape index (κ2) is 6.94. The van der Waals surface area contributed by atoms with Gasteiger partial charge in [-0.2, -0.15) is 5.10 Å². The molecule has 1 aromatic carbocycles. The van der Waals surface area contributed by atoms with Gasteiger partial charge in [-0.15, -0.1) is 0 Å². The Bertz CT molecular complexity index is 955. The first-order valence-electron chi connectivity index (χ1n) is 8.93. The molecule has 7 heteroatoms. The molecule has 0 saturated carbocycles. The number of carbonyl (C=O) groups excluding carboxylic acids is 1. The molecule has 27 heavy (non-hydrogen) atoms. The van der Waals surface area contributed by atoms with Gasteiger partial charge >= 0.3 is 0 Å². The lowest BCUT2D eigenvalue weighted by Gasteiger charge is -2.32. The highest BCUT2D eigenvalue weighted by Gasteiger charge is 2.39. The topological polar surface area (TPSA) is 87.3 Å². The van der Waals surface area contributed by atoms with Gasteiger partial charge in [0.15, 0.2) is 12.1 Å². The highest BCUT2D eigenvalue weighted by atomic mass is 16.5. The third-order valence-corrected chi connectivity index (χ3v) is 4.97. The van der Waals surface area contributed by atoms with Crippen LogP contribution in [0.5, 0.6) is 0 Å². The van der Waals surface area contributed by atoms with Crippen LogP contribution in [0, 0.1) is 12.1 Å². The molecule has 4 rings (SSSR count). The minimum Gasteiger partial charge on any atom is -0.633 e. The third kappa shape index (κ3) is 3.11. The van der Waals surface area contributed by atoms with Crippen molar-refractivity contribution in [2.24, 2.45) is 0 Å². The summed E-state index contributed by atoms with van der Waals surface area (Å²) in [7, 11) is 0. The first-order valence-corrected chi connectivity index (χ1v) is 8.93. The lowest BCUT2D eigenvalue weighted by Crippen LogP contribution is -3.12. The number of pyridine rings is 1. The molecule has 0 radical (unpaired) electrons. The third-order valence-electron chi connectivity index (χ3n) is 4.97. The number of nitrogens with one attached hydrogen (secondary N) is 2. The van der Waals surface area contributed by atoms with Crippen molar-refractivity contribution < 1.29 is 9.86 Å². The highest BCUT2D eigenvalue weighted by molar-refractivity contribution is 5.94. The van der Waals surface area contributed by atoms with E-state index in [0.29, 0.717) is 18.1 Å². The second-order valence-corrected chi connectivity index (χ2v) is 6.79. The van der Waals surface area contributed by atoms with E-state index >= 15 is 0 Å². The van der Waals surface area contributed by atoms with E-state index in [-0.39, 0.29) is 11.0 Å². The molecule has 138 valence electrons. The Morgan fingerprint density at radius 3 is 2.63 bits per heavy atom. The van der Waals surface area contributed by atoms with E-state index < -0.39 is 12.1 Å². The van der Waals surface area contributed by atoms with Gasteiger partial charge in [-0.05, 0) is 31.5 Å².